The number of piperidine rings is 1. The van der Waals surface area contributed by atoms with Gasteiger partial charge in [-0.1, -0.05) is 12.1 Å². The van der Waals surface area contributed by atoms with Crippen LogP contribution in [0.15, 0.2) is 48.9 Å². The van der Waals surface area contributed by atoms with Gasteiger partial charge in [-0.15, -0.1) is 13.2 Å². The fourth-order valence-corrected chi connectivity index (χ4v) is 3.91. The van der Waals surface area contributed by atoms with Gasteiger partial charge in [0.15, 0.2) is 5.82 Å². The molecule has 4 rings (SSSR count). The standard InChI is InChI=1S/C22H24F3N5O2/c1-2-30-19(6-9-27-30)17-7-10-29(11-8-17)20-13-26-14-21(28-20)31-15-16-4-3-5-18(12-16)32-22(23,24)25/h3-6,9,12-14,17H,2,7-8,10-11,15H2,1H3. The molecule has 0 atom stereocenters. The van der Waals surface area contributed by atoms with E-state index in [-0.39, 0.29) is 12.4 Å². The molecule has 3 aromatic rings. The number of alkyl halides is 3. The predicted molar refractivity (Wildman–Crippen MR) is 112 cm³/mol. The average molecular weight is 447 g/mol. The third-order valence-corrected chi connectivity index (χ3v) is 5.40. The second kappa shape index (κ2) is 9.46. The van der Waals surface area contributed by atoms with Crippen LogP contribution in [0.3, 0.4) is 0 Å². The van der Waals surface area contributed by atoms with Gasteiger partial charge >= 0.3 is 6.36 Å². The fraction of sp³-hybridized carbons (Fsp3) is 0.409. The molecular weight excluding hydrogens is 423 g/mol. The van der Waals surface area contributed by atoms with E-state index in [9.17, 15) is 13.2 Å². The topological polar surface area (TPSA) is 65.3 Å². The highest BCUT2D eigenvalue weighted by atomic mass is 19.4. The Morgan fingerprint density at radius 3 is 2.69 bits per heavy atom. The summed E-state index contributed by atoms with van der Waals surface area (Å²) in [6.07, 6.45) is 2.29. The summed E-state index contributed by atoms with van der Waals surface area (Å²) in [7, 11) is 0. The smallest absolute Gasteiger partial charge is 0.472 e. The Balaban J connectivity index is 1.35. The summed E-state index contributed by atoms with van der Waals surface area (Å²) in [5.74, 6) is 1.22. The van der Waals surface area contributed by atoms with Crippen molar-refractivity contribution in [3.05, 3.63) is 60.2 Å². The zero-order valence-corrected chi connectivity index (χ0v) is 17.6. The number of ether oxygens (including phenoxy) is 2. The fourth-order valence-electron chi connectivity index (χ4n) is 3.91. The molecule has 1 aliphatic rings. The van der Waals surface area contributed by atoms with Crippen LogP contribution in [0.5, 0.6) is 11.6 Å². The van der Waals surface area contributed by atoms with E-state index in [0.29, 0.717) is 17.4 Å². The van der Waals surface area contributed by atoms with Crippen LogP contribution < -0.4 is 14.4 Å². The van der Waals surface area contributed by atoms with E-state index in [1.165, 1.54) is 30.1 Å². The Morgan fingerprint density at radius 2 is 1.94 bits per heavy atom. The molecule has 1 saturated heterocycles. The SMILES string of the molecule is CCn1nccc1C1CCN(c2cncc(OCc3cccc(OC(F)(F)F)c3)n2)CC1. The second-order valence-corrected chi connectivity index (χ2v) is 7.53. The molecular formula is C22H24F3N5O2. The van der Waals surface area contributed by atoms with Crippen LogP contribution in [0.25, 0.3) is 0 Å². The molecule has 170 valence electrons. The highest BCUT2D eigenvalue weighted by molar-refractivity contribution is 5.38. The zero-order chi connectivity index (χ0) is 22.6. The molecule has 0 amide bonds. The normalized spacial score (nSPS) is 15.1. The van der Waals surface area contributed by atoms with Crippen molar-refractivity contribution in [2.45, 2.75) is 45.2 Å². The molecule has 1 aromatic carbocycles. The highest BCUT2D eigenvalue weighted by Crippen LogP contribution is 2.30. The first-order valence-corrected chi connectivity index (χ1v) is 10.5. The molecule has 0 radical (unpaired) electrons. The van der Waals surface area contributed by atoms with Gasteiger partial charge < -0.3 is 14.4 Å². The number of nitrogens with zero attached hydrogens (tertiary/aromatic N) is 5. The van der Waals surface area contributed by atoms with Crippen LogP contribution in [0, 0.1) is 0 Å². The van der Waals surface area contributed by atoms with Crippen molar-refractivity contribution in [2.24, 2.45) is 0 Å². The summed E-state index contributed by atoms with van der Waals surface area (Å²) in [6.45, 7) is 4.68. The van der Waals surface area contributed by atoms with Crippen molar-refractivity contribution >= 4 is 5.82 Å². The average Bonchev–Trinajstić information content (AvgIpc) is 3.26. The molecule has 0 unspecified atom stereocenters. The van der Waals surface area contributed by atoms with E-state index in [2.05, 4.69) is 37.7 Å². The van der Waals surface area contributed by atoms with Crippen molar-refractivity contribution in [3.63, 3.8) is 0 Å². The van der Waals surface area contributed by atoms with Gasteiger partial charge in [-0.3, -0.25) is 9.67 Å². The predicted octanol–water partition coefficient (Wildman–Crippen LogP) is 4.55. The van der Waals surface area contributed by atoms with E-state index in [4.69, 9.17) is 4.74 Å². The number of hydrogen-bond donors (Lipinski definition) is 0. The van der Waals surface area contributed by atoms with Gasteiger partial charge in [0.1, 0.15) is 12.4 Å². The number of benzene rings is 1. The Kier molecular flexibility index (Phi) is 6.48. The number of halogens is 3. The Bertz CT molecular complexity index is 1030. The largest absolute Gasteiger partial charge is 0.573 e. The van der Waals surface area contributed by atoms with Gasteiger partial charge in [0.05, 0.1) is 12.4 Å². The number of anilines is 1. The molecule has 0 N–H and O–H groups in total. The van der Waals surface area contributed by atoms with Crippen LogP contribution >= 0.6 is 0 Å². The molecule has 32 heavy (non-hydrogen) atoms. The first kappa shape index (κ1) is 21.9. The number of rotatable bonds is 7. The van der Waals surface area contributed by atoms with Crippen LogP contribution in [0.2, 0.25) is 0 Å². The van der Waals surface area contributed by atoms with Crippen molar-refractivity contribution in [2.75, 3.05) is 18.0 Å². The Morgan fingerprint density at radius 1 is 1.12 bits per heavy atom. The molecule has 0 bridgehead atoms. The maximum absolute atomic E-state index is 12.4. The summed E-state index contributed by atoms with van der Waals surface area (Å²) in [5, 5.41) is 4.37. The monoisotopic (exact) mass is 447 g/mol. The number of aryl methyl sites for hydroxylation is 1. The summed E-state index contributed by atoms with van der Waals surface area (Å²) in [6, 6.07) is 7.76. The quantitative estimate of drug-likeness (QED) is 0.529. The maximum Gasteiger partial charge on any atom is 0.573 e. The summed E-state index contributed by atoms with van der Waals surface area (Å²) >= 11 is 0. The lowest BCUT2D eigenvalue weighted by Gasteiger charge is -2.32. The van der Waals surface area contributed by atoms with Crippen LogP contribution in [-0.4, -0.2) is 39.2 Å². The van der Waals surface area contributed by atoms with Gasteiger partial charge in [-0.25, -0.2) is 0 Å². The van der Waals surface area contributed by atoms with Crippen LogP contribution in [-0.2, 0) is 13.2 Å². The molecule has 1 aliphatic heterocycles. The lowest BCUT2D eigenvalue weighted by atomic mass is 9.93. The van der Waals surface area contributed by atoms with Crippen LogP contribution in [0.1, 0.15) is 36.9 Å². The maximum atomic E-state index is 12.4. The van der Waals surface area contributed by atoms with Crippen LogP contribution in [0.4, 0.5) is 19.0 Å². The second-order valence-electron chi connectivity index (χ2n) is 7.53. The van der Waals surface area contributed by atoms with Gasteiger partial charge in [-0.05, 0) is 43.5 Å². The van der Waals surface area contributed by atoms with Crippen molar-refractivity contribution in [3.8, 4) is 11.6 Å². The first-order chi connectivity index (χ1) is 15.4. The van der Waals surface area contributed by atoms with E-state index in [1.54, 1.807) is 12.3 Å². The molecule has 0 aliphatic carbocycles. The van der Waals surface area contributed by atoms with Gasteiger partial charge in [0.25, 0.3) is 0 Å². The third kappa shape index (κ3) is 5.49. The minimum atomic E-state index is -4.73. The molecule has 0 saturated carbocycles. The van der Waals surface area contributed by atoms with E-state index in [1.807, 2.05) is 10.9 Å². The van der Waals surface area contributed by atoms with E-state index >= 15 is 0 Å². The lowest BCUT2D eigenvalue weighted by molar-refractivity contribution is -0.274. The molecule has 7 nitrogen and oxygen atoms in total. The highest BCUT2D eigenvalue weighted by Gasteiger charge is 2.31. The van der Waals surface area contributed by atoms with Gasteiger partial charge in [0, 0.05) is 37.4 Å². The summed E-state index contributed by atoms with van der Waals surface area (Å²) < 4.78 is 48.9. The molecule has 1 fully saturated rings. The van der Waals surface area contributed by atoms with Gasteiger partial charge in [0.2, 0.25) is 5.88 Å². The van der Waals surface area contributed by atoms with E-state index in [0.717, 1.165) is 38.3 Å². The van der Waals surface area contributed by atoms with Crippen molar-refractivity contribution in [1.29, 1.82) is 0 Å². The zero-order valence-electron chi connectivity index (χ0n) is 17.6. The molecule has 0 spiro atoms. The van der Waals surface area contributed by atoms with Crippen molar-refractivity contribution in [1.82, 2.24) is 19.7 Å². The molecule has 10 heteroatoms. The summed E-state index contributed by atoms with van der Waals surface area (Å²) in [4.78, 5) is 10.9. The molecule has 3 heterocycles. The van der Waals surface area contributed by atoms with E-state index < -0.39 is 6.36 Å². The lowest BCUT2D eigenvalue weighted by Crippen LogP contribution is -2.34. The number of aromatic nitrogens is 4. The van der Waals surface area contributed by atoms with Gasteiger partial charge in [-0.2, -0.15) is 10.1 Å². The van der Waals surface area contributed by atoms with Crippen molar-refractivity contribution < 1.29 is 22.6 Å². The third-order valence-electron chi connectivity index (χ3n) is 5.40. The first-order valence-electron chi connectivity index (χ1n) is 10.5. The minimum absolute atomic E-state index is 0.0519. The summed E-state index contributed by atoms with van der Waals surface area (Å²) in [5.41, 5.74) is 1.80. The Labute approximate surface area is 183 Å². The minimum Gasteiger partial charge on any atom is -0.472 e. The molecule has 2 aromatic heterocycles. The number of hydrogen-bond acceptors (Lipinski definition) is 6. The Hall–Kier alpha value is -3.30.